The summed E-state index contributed by atoms with van der Waals surface area (Å²) >= 11 is 0. The highest BCUT2D eigenvalue weighted by atomic mass is 19.1. The smallest absolute Gasteiger partial charge is 0.417 e. The number of hydrogen-bond acceptors (Lipinski definition) is 8. The Balaban J connectivity index is 1.62. The predicted molar refractivity (Wildman–Crippen MR) is 110 cm³/mol. The Hall–Kier alpha value is -4.08. The zero-order valence-corrected chi connectivity index (χ0v) is 16.4. The summed E-state index contributed by atoms with van der Waals surface area (Å²) in [5, 5.41) is 6.01. The van der Waals surface area contributed by atoms with Gasteiger partial charge < -0.3 is 24.5 Å². The maximum Gasteiger partial charge on any atom is 0.417 e. The number of benzene rings is 2. The molecular weight excluding hydrogens is 393 g/mol. The summed E-state index contributed by atoms with van der Waals surface area (Å²) in [5.41, 5.74) is 2.61. The standard InChI is InChI=1S/C20H18FN5O4/c1-10-9-22-19(24-12-5-7-15(28-2)17(29-3)16(12)21)26-18(10)23-11-4-6-14-13(8-11)25-20(27)30-14/h4-9H,1-3H3,(H,25,27)(H2,22,23,24,26). The van der Waals surface area contributed by atoms with Gasteiger partial charge in [-0.1, -0.05) is 0 Å². The van der Waals surface area contributed by atoms with Crippen LogP contribution >= 0.6 is 0 Å². The van der Waals surface area contributed by atoms with Crippen molar-refractivity contribution in [3.05, 3.63) is 58.5 Å². The number of oxazole rings is 1. The van der Waals surface area contributed by atoms with E-state index in [4.69, 9.17) is 13.9 Å². The molecule has 10 heteroatoms. The lowest BCUT2D eigenvalue weighted by atomic mass is 10.2. The average molecular weight is 411 g/mol. The number of fused-ring (bicyclic) bond motifs is 1. The highest BCUT2D eigenvalue weighted by Crippen LogP contribution is 2.35. The van der Waals surface area contributed by atoms with E-state index in [0.717, 1.165) is 5.56 Å². The molecule has 0 spiro atoms. The lowest BCUT2D eigenvalue weighted by Crippen LogP contribution is -2.05. The lowest BCUT2D eigenvalue weighted by molar-refractivity contribution is 0.338. The molecule has 0 saturated carbocycles. The first-order valence-electron chi connectivity index (χ1n) is 8.89. The van der Waals surface area contributed by atoms with E-state index in [1.165, 1.54) is 20.3 Å². The van der Waals surface area contributed by atoms with E-state index >= 15 is 0 Å². The van der Waals surface area contributed by atoms with Gasteiger partial charge in [0.25, 0.3) is 0 Å². The number of aromatic nitrogens is 3. The van der Waals surface area contributed by atoms with E-state index in [2.05, 4.69) is 25.6 Å². The monoisotopic (exact) mass is 411 g/mol. The van der Waals surface area contributed by atoms with Crippen LogP contribution in [0.5, 0.6) is 11.5 Å². The molecule has 0 amide bonds. The summed E-state index contributed by atoms with van der Waals surface area (Å²) in [7, 11) is 2.79. The van der Waals surface area contributed by atoms with Crippen molar-refractivity contribution in [2.45, 2.75) is 6.92 Å². The number of nitrogens with one attached hydrogen (secondary N) is 3. The van der Waals surface area contributed by atoms with Crippen LogP contribution in [0.25, 0.3) is 11.1 Å². The third-order valence-corrected chi connectivity index (χ3v) is 4.38. The fourth-order valence-corrected chi connectivity index (χ4v) is 2.90. The van der Waals surface area contributed by atoms with Gasteiger partial charge in [-0.3, -0.25) is 4.98 Å². The van der Waals surface area contributed by atoms with Crippen LogP contribution in [0, 0.1) is 12.7 Å². The van der Waals surface area contributed by atoms with Gasteiger partial charge in [0.15, 0.2) is 22.9 Å². The largest absolute Gasteiger partial charge is 0.493 e. The van der Waals surface area contributed by atoms with Crippen molar-refractivity contribution in [1.82, 2.24) is 15.0 Å². The van der Waals surface area contributed by atoms with Crippen molar-refractivity contribution >= 4 is 34.2 Å². The molecule has 2 heterocycles. The van der Waals surface area contributed by atoms with E-state index in [9.17, 15) is 9.18 Å². The Kier molecular flexibility index (Phi) is 4.97. The molecule has 0 atom stereocenters. The predicted octanol–water partition coefficient (Wildman–Crippen LogP) is 3.86. The third-order valence-electron chi connectivity index (χ3n) is 4.38. The van der Waals surface area contributed by atoms with Crippen LogP contribution < -0.4 is 25.9 Å². The number of methoxy groups -OCH3 is 2. The molecule has 0 radical (unpaired) electrons. The number of aryl methyl sites for hydroxylation is 1. The van der Waals surface area contributed by atoms with Gasteiger partial charge >= 0.3 is 5.76 Å². The minimum Gasteiger partial charge on any atom is -0.493 e. The topological polar surface area (TPSA) is 114 Å². The molecular formula is C20H18FN5O4. The molecule has 0 aliphatic rings. The van der Waals surface area contributed by atoms with Crippen LogP contribution in [0.1, 0.15) is 5.56 Å². The molecule has 0 bridgehead atoms. The van der Waals surface area contributed by atoms with Gasteiger partial charge in [0, 0.05) is 17.4 Å². The molecule has 0 unspecified atom stereocenters. The first-order chi connectivity index (χ1) is 14.5. The minimum absolute atomic E-state index is 0.0182. The quantitative estimate of drug-likeness (QED) is 0.438. The van der Waals surface area contributed by atoms with E-state index in [0.29, 0.717) is 22.6 Å². The van der Waals surface area contributed by atoms with Gasteiger partial charge in [0.2, 0.25) is 5.95 Å². The van der Waals surface area contributed by atoms with Crippen LogP contribution in [0.4, 0.5) is 27.5 Å². The van der Waals surface area contributed by atoms with Crippen LogP contribution in [-0.4, -0.2) is 29.2 Å². The Morgan fingerprint density at radius 1 is 1.13 bits per heavy atom. The second-order valence-corrected chi connectivity index (χ2v) is 6.36. The summed E-state index contributed by atoms with van der Waals surface area (Å²) in [4.78, 5) is 22.5. The summed E-state index contributed by atoms with van der Waals surface area (Å²) < 4.78 is 29.9. The summed E-state index contributed by atoms with van der Waals surface area (Å²) in [6, 6.07) is 8.24. The molecule has 0 fully saturated rings. The molecule has 3 N–H and O–H groups in total. The van der Waals surface area contributed by atoms with Crippen LogP contribution in [0.3, 0.4) is 0 Å². The molecule has 4 aromatic rings. The van der Waals surface area contributed by atoms with Crippen LogP contribution in [-0.2, 0) is 0 Å². The van der Waals surface area contributed by atoms with Gasteiger partial charge in [0.05, 0.1) is 25.4 Å². The number of nitrogens with zero attached hydrogens (tertiary/aromatic N) is 2. The summed E-state index contributed by atoms with van der Waals surface area (Å²) in [6.45, 7) is 1.83. The van der Waals surface area contributed by atoms with Crippen molar-refractivity contribution in [3.63, 3.8) is 0 Å². The third kappa shape index (κ3) is 3.62. The van der Waals surface area contributed by atoms with E-state index < -0.39 is 11.6 Å². The Morgan fingerprint density at radius 3 is 2.73 bits per heavy atom. The zero-order valence-electron chi connectivity index (χ0n) is 16.4. The Morgan fingerprint density at radius 2 is 1.97 bits per heavy atom. The molecule has 4 rings (SSSR count). The number of aromatic amines is 1. The van der Waals surface area contributed by atoms with Crippen molar-refractivity contribution in [2.75, 3.05) is 24.9 Å². The van der Waals surface area contributed by atoms with E-state index in [-0.39, 0.29) is 23.1 Å². The summed E-state index contributed by atoms with van der Waals surface area (Å²) in [5.74, 6) is -0.185. The number of halogens is 1. The molecule has 9 nitrogen and oxygen atoms in total. The lowest BCUT2D eigenvalue weighted by Gasteiger charge is -2.14. The van der Waals surface area contributed by atoms with Gasteiger partial charge in [-0.2, -0.15) is 4.98 Å². The molecule has 30 heavy (non-hydrogen) atoms. The second kappa shape index (κ2) is 7.74. The van der Waals surface area contributed by atoms with Crippen LogP contribution in [0.2, 0.25) is 0 Å². The number of anilines is 4. The van der Waals surface area contributed by atoms with Gasteiger partial charge in [0.1, 0.15) is 5.82 Å². The van der Waals surface area contributed by atoms with Crippen molar-refractivity contribution in [2.24, 2.45) is 0 Å². The van der Waals surface area contributed by atoms with Gasteiger partial charge in [-0.05, 0) is 37.3 Å². The minimum atomic E-state index is -0.620. The first kappa shape index (κ1) is 19.2. The van der Waals surface area contributed by atoms with E-state index in [1.807, 2.05) is 6.92 Å². The van der Waals surface area contributed by atoms with Gasteiger partial charge in [-0.15, -0.1) is 0 Å². The molecule has 2 aromatic heterocycles. The average Bonchev–Trinajstić information content (AvgIpc) is 3.11. The number of ether oxygens (including phenoxy) is 2. The SMILES string of the molecule is COc1ccc(Nc2ncc(C)c(Nc3ccc4oc(=O)[nH]c4c3)n2)c(F)c1OC. The first-order valence-corrected chi connectivity index (χ1v) is 8.89. The number of rotatable bonds is 6. The molecule has 0 saturated heterocycles. The number of H-pyrrole nitrogens is 1. The number of hydrogen-bond donors (Lipinski definition) is 3. The fraction of sp³-hybridized carbons (Fsp3) is 0.150. The maximum atomic E-state index is 14.7. The highest BCUT2D eigenvalue weighted by molar-refractivity contribution is 5.78. The molecule has 154 valence electrons. The normalized spacial score (nSPS) is 10.8. The van der Waals surface area contributed by atoms with Crippen molar-refractivity contribution < 1.29 is 18.3 Å². The Bertz CT molecular complexity index is 1280. The Labute approximate surface area is 169 Å². The van der Waals surface area contributed by atoms with Gasteiger partial charge in [-0.25, -0.2) is 14.2 Å². The van der Waals surface area contributed by atoms with E-state index in [1.54, 1.807) is 30.5 Å². The van der Waals surface area contributed by atoms with Crippen molar-refractivity contribution in [1.29, 1.82) is 0 Å². The van der Waals surface area contributed by atoms with Crippen LogP contribution in [0.15, 0.2) is 45.7 Å². The summed E-state index contributed by atoms with van der Waals surface area (Å²) in [6.07, 6.45) is 1.61. The maximum absolute atomic E-state index is 14.7. The zero-order chi connectivity index (χ0) is 21.3. The second-order valence-electron chi connectivity index (χ2n) is 6.36. The molecule has 0 aliphatic heterocycles. The van der Waals surface area contributed by atoms with Crippen molar-refractivity contribution in [3.8, 4) is 11.5 Å². The molecule has 0 aliphatic carbocycles. The fourth-order valence-electron chi connectivity index (χ4n) is 2.90. The molecule has 2 aromatic carbocycles. The highest BCUT2D eigenvalue weighted by Gasteiger charge is 2.16.